The number of carbonyl (C=O) groups excluding carboxylic acids is 1. The fraction of sp³-hybridized carbons (Fsp3) is 0.500. The Hall–Kier alpha value is -2.33. The quantitative estimate of drug-likeness (QED) is 0.573. The largest absolute Gasteiger partial charge is 0.497 e. The summed E-state index contributed by atoms with van der Waals surface area (Å²) in [5.41, 5.74) is -2.68. The van der Waals surface area contributed by atoms with Gasteiger partial charge in [0.2, 0.25) is 0 Å². The molecule has 0 radical (unpaired) electrons. The maximum atomic E-state index is 15.1. The smallest absolute Gasteiger partial charge is 0.477 e. The van der Waals surface area contributed by atoms with E-state index in [1.807, 2.05) is 33.8 Å². The molecule has 2 aromatic carbocycles. The van der Waals surface area contributed by atoms with E-state index < -0.39 is 47.5 Å². The minimum absolute atomic E-state index is 0.0870. The summed E-state index contributed by atoms with van der Waals surface area (Å²) >= 11 is 6.46. The van der Waals surface area contributed by atoms with E-state index >= 15 is 4.39 Å². The maximum absolute atomic E-state index is 15.1. The highest BCUT2D eigenvalue weighted by molar-refractivity contribution is 6.66. The Balaban J connectivity index is 1.79. The molecule has 2 aliphatic rings. The van der Waals surface area contributed by atoms with Crippen molar-refractivity contribution in [1.82, 2.24) is 5.32 Å². The summed E-state index contributed by atoms with van der Waals surface area (Å²) in [6.07, 6.45) is -2.03. The molecule has 36 heavy (non-hydrogen) atoms. The van der Waals surface area contributed by atoms with Crippen LogP contribution in [0.15, 0.2) is 36.4 Å². The van der Waals surface area contributed by atoms with Crippen LogP contribution in [0.5, 0.6) is 5.75 Å². The molecular weight excluding hydrogens is 488 g/mol. The first-order valence-corrected chi connectivity index (χ1v) is 12.2. The zero-order valence-corrected chi connectivity index (χ0v) is 22.3. The van der Waals surface area contributed by atoms with Gasteiger partial charge in [0.25, 0.3) is 0 Å². The highest BCUT2D eigenvalue weighted by atomic mass is 35.5. The van der Waals surface area contributed by atoms with Crippen LogP contribution in [0.25, 0.3) is 0 Å². The molecule has 2 heterocycles. The van der Waals surface area contributed by atoms with E-state index in [2.05, 4.69) is 5.32 Å². The Morgan fingerprint density at radius 3 is 2.31 bits per heavy atom. The summed E-state index contributed by atoms with van der Waals surface area (Å²) in [6, 6.07) is 10.0. The number of fused-ring (bicyclic) bond motifs is 1. The van der Waals surface area contributed by atoms with E-state index in [0.29, 0.717) is 5.56 Å². The van der Waals surface area contributed by atoms with Crippen LogP contribution in [-0.2, 0) is 19.6 Å². The van der Waals surface area contributed by atoms with Gasteiger partial charge in [-0.25, -0.2) is 9.18 Å². The normalized spacial score (nSPS) is 24.3. The number of hydrogen-bond acceptors (Lipinski definition) is 6. The second-order valence-electron chi connectivity index (χ2n) is 11.2. The van der Waals surface area contributed by atoms with Crippen molar-refractivity contribution >= 4 is 30.3 Å². The van der Waals surface area contributed by atoms with E-state index in [-0.39, 0.29) is 28.3 Å². The van der Waals surface area contributed by atoms with Crippen molar-refractivity contribution in [3.8, 4) is 5.75 Å². The molecule has 0 saturated carbocycles. The summed E-state index contributed by atoms with van der Waals surface area (Å²) in [6.45, 7) is 12.6. The molecule has 4 rings (SSSR count). The Labute approximate surface area is 216 Å². The minimum atomic E-state index is -1.49. The second-order valence-corrected chi connectivity index (χ2v) is 11.6. The molecule has 10 heteroatoms. The van der Waals surface area contributed by atoms with Crippen molar-refractivity contribution in [2.45, 2.75) is 77.0 Å². The average molecular weight is 520 g/mol. The third-order valence-corrected chi connectivity index (χ3v) is 7.30. The highest BCUT2D eigenvalue weighted by Crippen LogP contribution is 2.50. The van der Waals surface area contributed by atoms with Crippen LogP contribution < -0.4 is 15.5 Å². The van der Waals surface area contributed by atoms with Crippen molar-refractivity contribution in [3.05, 3.63) is 58.4 Å². The average Bonchev–Trinajstić information content (AvgIpc) is 3.16. The van der Waals surface area contributed by atoms with Gasteiger partial charge in [-0.1, -0.05) is 41.9 Å². The number of benzene rings is 2. The Kier molecular flexibility index (Phi) is 6.61. The number of hydrogen-bond donors (Lipinski definition) is 2. The molecule has 1 saturated heterocycles. The topological polar surface area (TPSA) is 86.3 Å². The Morgan fingerprint density at radius 1 is 1.17 bits per heavy atom. The molecule has 2 atom stereocenters. The molecule has 1 amide bonds. The van der Waals surface area contributed by atoms with Crippen LogP contribution in [0.1, 0.15) is 65.7 Å². The first-order valence-electron chi connectivity index (χ1n) is 11.8. The standard InChI is InChI=1S/C26H32BClFNO6/c1-23(2,3)34-22(32)30-14-26(15-11-9-8-10-12-15)21(31)18-17(33-26)13-16(29)20(28)19(18)27-35-24(4,5)25(6,7)36-27/h8-13,21,31H,14H2,1-7H3,(H,30,32)/t21-,26+/m0/s1. The van der Waals surface area contributed by atoms with E-state index in [4.69, 9.17) is 30.4 Å². The van der Waals surface area contributed by atoms with E-state index in [0.717, 1.165) is 6.07 Å². The molecule has 0 aromatic heterocycles. The third kappa shape index (κ3) is 4.58. The number of ether oxygens (including phenoxy) is 2. The molecule has 2 N–H and O–H groups in total. The SMILES string of the molecule is CC(C)(C)OC(=O)NC[C@]1(c2ccccc2)Oc2cc(F)c(Cl)c(B3OC(C)(C)C(C)(C)O3)c2[C@@H]1O. The van der Waals surface area contributed by atoms with Crippen molar-refractivity contribution in [2.24, 2.45) is 0 Å². The monoisotopic (exact) mass is 519 g/mol. The van der Waals surface area contributed by atoms with Gasteiger partial charge >= 0.3 is 13.2 Å². The van der Waals surface area contributed by atoms with Gasteiger partial charge in [-0.15, -0.1) is 0 Å². The lowest BCUT2D eigenvalue weighted by atomic mass is 9.72. The fourth-order valence-corrected chi connectivity index (χ4v) is 4.61. The lowest BCUT2D eigenvalue weighted by molar-refractivity contribution is -0.0336. The first-order chi connectivity index (χ1) is 16.6. The number of alkyl carbamates (subject to hydrolysis) is 1. The van der Waals surface area contributed by atoms with Gasteiger partial charge in [-0.2, -0.15) is 0 Å². The number of halogens is 2. The van der Waals surface area contributed by atoms with Gasteiger partial charge in [0.15, 0.2) is 5.60 Å². The van der Waals surface area contributed by atoms with Crippen LogP contribution in [0.4, 0.5) is 9.18 Å². The molecule has 2 aromatic rings. The van der Waals surface area contributed by atoms with Gasteiger partial charge < -0.3 is 29.2 Å². The molecule has 194 valence electrons. The summed E-state index contributed by atoms with van der Waals surface area (Å²) in [7, 11) is -1.05. The van der Waals surface area contributed by atoms with Crippen molar-refractivity contribution in [1.29, 1.82) is 0 Å². The van der Waals surface area contributed by atoms with Gasteiger partial charge in [-0.3, -0.25) is 0 Å². The Morgan fingerprint density at radius 2 is 1.75 bits per heavy atom. The van der Waals surface area contributed by atoms with Gasteiger partial charge in [0.1, 0.15) is 23.3 Å². The van der Waals surface area contributed by atoms with Crippen LogP contribution >= 0.6 is 11.6 Å². The van der Waals surface area contributed by atoms with E-state index in [1.165, 1.54) is 0 Å². The number of nitrogens with one attached hydrogen (secondary N) is 1. The molecule has 0 bridgehead atoms. The predicted molar refractivity (Wildman–Crippen MR) is 135 cm³/mol. The lowest BCUT2D eigenvalue weighted by Gasteiger charge is -2.33. The molecule has 0 unspecified atom stereocenters. The van der Waals surface area contributed by atoms with Crippen molar-refractivity contribution in [2.75, 3.05) is 6.54 Å². The number of aliphatic hydroxyl groups excluding tert-OH is 1. The zero-order valence-electron chi connectivity index (χ0n) is 21.6. The Bertz CT molecular complexity index is 1150. The molecule has 1 fully saturated rings. The second kappa shape index (κ2) is 8.90. The number of amides is 1. The van der Waals surface area contributed by atoms with Crippen LogP contribution in [0.3, 0.4) is 0 Å². The third-order valence-electron chi connectivity index (χ3n) is 6.91. The van der Waals surface area contributed by atoms with Crippen LogP contribution in [0.2, 0.25) is 5.02 Å². The number of aliphatic hydroxyl groups is 1. The first kappa shape index (κ1) is 26.7. The van der Waals surface area contributed by atoms with Crippen molar-refractivity contribution < 1.29 is 33.1 Å². The van der Waals surface area contributed by atoms with Crippen LogP contribution in [0, 0.1) is 5.82 Å². The lowest BCUT2D eigenvalue weighted by Crippen LogP contribution is -2.48. The number of carbonyl (C=O) groups is 1. The van der Waals surface area contributed by atoms with Gasteiger partial charge in [-0.05, 0) is 48.5 Å². The van der Waals surface area contributed by atoms with Crippen LogP contribution in [-0.4, -0.2) is 41.7 Å². The fourth-order valence-electron chi connectivity index (χ4n) is 4.37. The summed E-state index contributed by atoms with van der Waals surface area (Å²) < 4.78 is 39.0. The van der Waals surface area contributed by atoms with Gasteiger partial charge in [0, 0.05) is 22.7 Å². The van der Waals surface area contributed by atoms with Gasteiger partial charge in [0.05, 0.1) is 22.8 Å². The molecule has 7 nitrogen and oxygen atoms in total. The summed E-state index contributed by atoms with van der Waals surface area (Å²) in [5.74, 6) is -0.653. The highest BCUT2D eigenvalue weighted by Gasteiger charge is 2.57. The molecule has 2 aliphatic heterocycles. The van der Waals surface area contributed by atoms with E-state index in [9.17, 15) is 9.90 Å². The maximum Gasteiger partial charge on any atom is 0.497 e. The molecule has 0 aliphatic carbocycles. The number of rotatable bonds is 4. The summed E-state index contributed by atoms with van der Waals surface area (Å²) in [4.78, 5) is 12.5. The summed E-state index contributed by atoms with van der Waals surface area (Å²) in [5, 5.41) is 14.3. The van der Waals surface area contributed by atoms with Crippen molar-refractivity contribution in [3.63, 3.8) is 0 Å². The predicted octanol–water partition coefficient (Wildman–Crippen LogP) is 4.62. The minimum Gasteiger partial charge on any atom is -0.477 e. The molecular formula is C26H32BClFNO6. The molecule has 0 spiro atoms. The van der Waals surface area contributed by atoms with E-state index in [1.54, 1.807) is 45.0 Å². The zero-order chi connectivity index (χ0) is 26.7.